The highest BCUT2D eigenvalue weighted by Crippen LogP contribution is 2.20. The molecule has 158 valence electrons. The maximum absolute atomic E-state index is 13.4. The molecule has 0 saturated carbocycles. The number of benzene rings is 2. The normalized spacial score (nSPS) is 11.2. The van der Waals surface area contributed by atoms with Crippen molar-refractivity contribution in [2.75, 3.05) is 19.0 Å². The van der Waals surface area contributed by atoms with E-state index < -0.39 is 0 Å². The summed E-state index contributed by atoms with van der Waals surface area (Å²) in [4.78, 5) is 21.0. The highest BCUT2D eigenvalue weighted by Gasteiger charge is 2.12. The Kier molecular flexibility index (Phi) is 7.31. The van der Waals surface area contributed by atoms with E-state index in [1.807, 2.05) is 13.8 Å². The van der Waals surface area contributed by atoms with Crippen molar-refractivity contribution in [3.63, 3.8) is 0 Å². The number of carbonyl (C=O) groups excluding carboxylic acids is 1. The Hall–Kier alpha value is -3.76. The first-order chi connectivity index (χ1) is 14.9. The molecule has 0 unspecified atom stereocenters. The molecule has 1 N–H and O–H groups in total. The Balaban J connectivity index is 1.90. The van der Waals surface area contributed by atoms with E-state index in [9.17, 15) is 9.18 Å². The Labute approximate surface area is 180 Å². The second kappa shape index (κ2) is 10.3. The Morgan fingerprint density at radius 2 is 1.94 bits per heavy atom. The van der Waals surface area contributed by atoms with E-state index in [0.29, 0.717) is 34.9 Å². The van der Waals surface area contributed by atoms with Gasteiger partial charge in [-0.15, -0.1) is 0 Å². The van der Waals surface area contributed by atoms with Gasteiger partial charge in [0.05, 0.1) is 24.7 Å². The van der Waals surface area contributed by atoms with Crippen molar-refractivity contribution in [2.45, 2.75) is 20.0 Å². The molecule has 31 heavy (non-hydrogen) atoms. The molecule has 0 aliphatic heterocycles. The van der Waals surface area contributed by atoms with Crippen molar-refractivity contribution in [1.29, 1.82) is 0 Å². The van der Waals surface area contributed by atoms with Crippen LogP contribution in [0, 0.1) is 24.6 Å². The number of anilines is 1. The van der Waals surface area contributed by atoms with Gasteiger partial charge in [-0.2, -0.15) is 0 Å². The van der Waals surface area contributed by atoms with Crippen LogP contribution in [0.5, 0.6) is 5.75 Å². The highest BCUT2D eigenvalue weighted by molar-refractivity contribution is 6.04. The molecule has 3 aromatic rings. The standard InChI is InChI=1S/C24H22FN3O3/c1-16-13-27-23(14-26-16)28-24(29)20-9-19(8-7-18-5-4-6-21(25)10-18)11-22(12-20)31-17(2)15-30-3/h4-6,9-14,17H,15H2,1-3H3,(H,27,28,29)/t17-/m0/s1. The van der Waals surface area contributed by atoms with E-state index in [0.717, 1.165) is 5.69 Å². The van der Waals surface area contributed by atoms with Gasteiger partial charge in [0.1, 0.15) is 17.7 Å². The maximum atomic E-state index is 13.4. The van der Waals surface area contributed by atoms with Crippen LogP contribution >= 0.6 is 0 Å². The number of rotatable bonds is 6. The lowest BCUT2D eigenvalue weighted by Gasteiger charge is -2.15. The third-order valence-electron chi connectivity index (χ3n) is 4.11. The van der Waals surface area contributed by atoms with Gasteiger partial charge >= 0.3 is 0 Å². The van der Waals surface area contributed by atoms with Crippen LogP contribution in [0.4, 0.5) is 10.2 Å². The summed E-state index contributed by atoms with van der Waals surface area (Å²) in [5.74, 6) is 5.93. The zero-order valence-corrected chi connectivity index (χ0v) is 17.5. The fourth-order valence-electron chi connectivity index (χ4n) is 2.73. The SMILES string of the molecule is COC[C@H](C)Oc1cc(C#Cc2cccc(F)c2)cc(C(=O)Nc2cnc(C)cn2)c1. The molecule has 6 nitrogen and oxygen atoms in total. The van der Waals surface area contributed by atoms with Crippen molar-refractivity contribution in [1.82, 2.24) is 9.97 Å². The van der Waals surface area contributed by atoms with E-state index >= 15 is 0 Å². The molecule has 1 amide bonds. The molecule has 0 spiro atoms. The Morgan fingerprint density at radius 1 is 1.13 bits per heavy atom. The molecular weight excluding hydrogens is 397 g/mol. The minimum Gasteiger partial charge on any atom is -0.488 e. The number of hydrogen-bond acceptors (Lipinski definition) is 5. The largest absolute Gasteiger partial charge is 0.488 e. The molecule has 0 fully saturated rings. The number of aromatic nitrogens is 2. The third kappa shape index (κ3) is 6.63. The van der Waals surface area contributed by atoms with E-state index in [-0.39, 0.29) is 17.8 Å². The van der Waals surface area contributed by atoms with E-state index in [1.54, 1.807) is 43.6 Å². The number of nitrogens with zero attached hydrogens (tertiary/aromatic N) is 2. The minimum atomic E-state index is -0.378. The van der Waals surface area contributed by atoms with Gasteiger partial charge in [-0.3, -0.25) is 9.78 Å². The minimum absolute atomic E-state index is 0.227. The smallest absolute Gasteiger partial charge is 0.257 e. The van der Waals surface area contributed by atoms with Crippen molar-refractivity contribution < 1.29 is 18.7 Å². The van der Waals surface area contributed by atoms with Crippen LogP contribution in [-0.4, -0.2) is 35.7 Å². The summed E-state index contributed by atoms with van der Waals surface area (Å²) in [6.07, 6.45) is 2.83. The molecule has 1 aromatic heterocycles. The number of amides is 1. The van der Waals surface area contributed by atoms with Crippen molar-refractivity contribution in [3.8, 4) is 17.6 Å². The third-order valence-corrected chi connectivity index (χ3v) is 4.11. The lowest BCUT2D eigenvalue weighted by molar-refractivity contribution is 0.0917. The van der Waals surface area contributed by atoms with Crippen LogP contribution in [0.25, 0.3) is 0 Å². The Morgan fingerprint density at radius 3 is 2.65 bits per heavy atom. The van der Waals surface area contributed by atoms with Gasteiger partial charge in [0, 0.05) is 23.8 Å². The molecule has 7 heteroatoms. The number of halogens is 1. The summed E-state index contributed by atoms with van der Waals surface area (Å²) in [5, 5.41) is 2.71. The van der Waals surface area contributed by atoms with Crippen molar-refractivity contribution >= 4 is 11.7 Å². The summed E-state index contributed by atoms with van der Waals surface area (Å²) in [7, 11) is 1.59. The van der Waals surface area contributed by atoms with Crippen LogP contribution in [0.2, 0.25) is 0 Å². The predicted molar refractivity (Wildman–Crippen MR) is 116 cm³/mol. The van der Waals surface area contributed by atoms with E-state index in [2.05, 4.69) is 27.1 Å². The van der Waals surface area contributed by atoms with Gasteiger partial charge in [-0.25, -0.2) is 9.37 Å². The van der Waals surface area contributed by atoms with Gasteiger partial charge in [0.2, 0.25) is 0 Å². The number of methoxy groups -OCH3 is 1. The molecule has 0 aliphatic carbocycles. The lowest BCUT2D eigenvalue weighted by atomic mass is 10.1. The lowest BCUT2D eigenvalue weighted by Crippen LogP contribution is -2.19. The Bertz CT molecular complexity index is 1120. The summed E-state index contributed by atoms with van der Waals surface area (Å²) in [6, 6.07) is 11.0. The van der Waals surface area contributed by atoms with Crippen molar-refractivity contribution in [2.24, 2.45) is 0 Å². The number of hydrogen-bond donors (Lipinski definition) is 1. The van der Waals surface area contributed by atoms with E-state index in [4.69, 9.17) is 9.47 Å². The van der Waals surface area contributed by atoms with Crippen LogP contribution < -0.4 is 10.1 Å². The number of ether oxygens (including phenoxy) is 2. The average molecular weight is 419 g/mol. The molecule has 0 aliphatic rings. The van der Waals surface area contributed by atoms with Gasteiger partial charge in [0.25, 0.3) is 5.91 Å². The zero-order valence-electron chi connectivity index (χ0n) is 17.5. The molecule has 0 radical (unpaired) electrons. The quantitative estimate of drug-likeness (QED) is 0.612. The molecule has 0 saturated heterocycles. The highest BCUT2D eigenvalue weighted by atomic mass is 19.1. The first kappa shape index (κ1) is 21.9. The zero-order chi connectivity index (χ0) is 22.2. The summed E-state index contributed by atoms with van der Waals surface area (Å²) < 4.78 is 24.4. The molecule has 1 heterocycles. The van der Waals surface area contributed by atoms with E-state index in [1.165, 1.54) is 18.3 Å². The fraction of sp³-hybridized carbons (Fsp3) is 0.208. The first-order valence-electron chi connectivity index (χ1n) is 9.61. The van der Waals surface area contributed by atoms with Gasteiger partial charge in [-0.1, -0.05) is 17.9 Å². The maximum Gasteiger partial charge on any atom is 0.257 e. The summed E-state index contributed by atoms with van der Waals surface area (Å²) >= 11 is 0. The second-order valence-electron chi connectivity index (χ2n) is 6.89. The molecule has 2 aromatic carbocycles. The molecule has 1 atom stereocenters. The van der Waals surface area contributed by atoms with Crippen LogP contribution in [-0.2, 0) is 4.74 Å². The molecule has 3 rings (SSSR count). The second-order valence-corrected chi connectivity index (χ2v) is 6.89. The van der Waals surface area contributed by atoms with Crippen molar-refractivity contribution in [3.05, 3.63) is 83.1 Å². The van der Waals surface area contributed by atoms with Gasteiger partial charge in [0.15, 0.2) is 5.82 Å². The average Bonchev–Trinajstić information content (AvgIpc) is 2.74. The van der Waals surface area contributed by atoms with Crippen LogP contribution in [0.3, 0.4) is 0 Å². The van der Waals surface area contributed by atoms with Gasteiger partial charge in [-0.05, 0) is 50.2 Å². The molecular formula is C24H22FN3O3. The predicted octanol–water partition coefficient (Wildman–Crippen LogP) is 3.99. The molecule has 0 bridgehead atoms. The number of nitrogens with one attached hydrogen (secondary N) is 1. The van der Waals surface area contributed by atoms with Gasteiger partial charge < -0.3 is 14.8 Å². The fourth-order valence-corrected chi connectivity index (χ4v) is 2.73. The van der Waals surface area contributed by atoms with Crippen LogP contribution in [0.15, 0.2) is 54.9 Å². The topological polar surface area (TPSA) is 73.3 Å². The monoisotopic (exact) mass is 419 g/mol. The number of carbonyl (C=O) groups is 1. The van der Waals surface area contributed by atoms with Crippen LogP contribution in [0.1, 0.15) is 34.1 Å². The number of aryl methyl sites for hydroxylation is 1. The summed E-state index contributed by atoms with van der Waals surface area (Å²) in [6.45, 7) is 4.06. The first-order valence-corrected chi connectivity index (χ1v) is 9.61. The summed E-state index contributed by atoms with van der Waals surface area (Å²) in [5.41, 5.74) is 2.16.